The number of halogens is 2. The second-order valence-electron chi connectivity index (χ2n) is 7.37. The Labute approximate surface area is 209 Å². The first-order valence-corrected chi connectivity index (χ1v) is 13.0. The van der Waals surface area contributed by atoms with Crippen LogP contribution in [0.15, 0.2) is 95.1 Å². The van der Waals surface area contributed by atoms with E-state index in [0.717, 1.165) is 3.97 Å². The van der Waals surface area contributed by atoms with Crippen molar-refractivity contribution in [2.24, 2.45) is 0 Å². The van der Waals surface area contributed by atoms with Crippen molar-refractivity contribution < 1.29 is 21.2 Å². The molecule has 4 rings (SSSR count). The maximum Gasteiger partial charge on any atom is 0.268 e. The molecule has 0 aliphatic carbocycles. The summed E-state index contributed by atoms with van der Waals surface area (Å²) < 4.78 is 70.3. The smallest absolute Gasteiger partial charge is 0.268 e. The van der Waals surface area contributed by atoms with Gasteiger partial charge in [0.2, 0.25) is 0 Å². The van der Waals surface area contributed by atoms with Gasteiger partial charge in [-0.15, -0.1) is 12.4 Å². The molecule has 0 saturated heterocycles. The predicted octanol–water partition coefficient (Wildman–Crippen LogP) is 3.87. The second kappa shape index (κ2) is 10.6. The van der Waals surface area contributed by atoms with E-state index in [1.807, 2.05) is 0 Å². The molecule has 0 aliphatic rings. The number of hydrogen-bond donors (Lipinski definition) is 2. The zero-order valence-electron chi connectivity index (χ0n) is 18.4. The van der Waals surface area contributed by atoms with Crippen molar-refractivity contribution in [3.05, 3.63) is 96.7 Å². The normalized spacial score (nSPS) is 11.6. The fraction of sp³-hybridized carbons (Fsp3) is 0.0870. The average Bonchev–Trinajstić information content (AvgIpc) is 3.25. The van der Waals surface area contributed by atoms with Crippen molar-refractivity contribution in [1.29, 1.82) is 0 Å². The van der Waals surface area contributed by atoms with Gasteiger partial charge in [-0.3, -0.25) is 9.71 Å². The Morgan fingerprint density at radius 3 is 2.37 bits per heavy atom. The predicted molar refractivity (Wildman–Crippen MR) is 134 cm³/mol. The number of nitrogens with zero attached hydrogens (tertiary/aromatic N) is 2. The maximum atomic E-state index is 14.5. The van der Waals surface area contributed by atoms with Crippen molar-refractivity contribution >= 4 is 38.1 Å². The van der Waals surface area contributed by atoms with Gasteiger partial charge >= 0.3 is 0 Å². The average molecular weight is 537 g/mol. The third-order valence-electron chi connectivity index (χ3n) is 4.96. The molecule has 0 unspecified atom stereocenters. The first kappa shape index (κ1) is 26.4. The van der Waals surface area contributed by atoms with Gasteiger partial charge in [0.15, 0.2) is 0 Å². The fourth-order valence-corrected chi connectivity index (χ4v) is 5.87. The summed E-state index contributed by atoms with van der Waals surface area (Å²) in [4.78, 5) is 3.57. The molecule has 0 amide bonds. The minimum Gasteiger partial charge on any atom is -0.316 e. The first-order valence-electron chi connectivity index (χ1n) is 10.1. The van der Waals surface area contributed by atoms with Gasteiger partial charge < -0.3 is 5.32 Å². The standard InChI is InChI=1S/C23H21FN4O4S2.ClH/c1-25-14-17-12-23(21-9-2-3-10-22(21)24)28(16-17)34(31,32)19-7-4-6-18(13-19)27-33(29,30)20-8-5-11-26-15-20;/h2-13,15-16,25,27H,14H2,1H3;1H. The third-order valence-corrected chi connectivity index (χ3v) is 8.00. The van der Waals surface area contributed by atoms with Crippen LogP contribution in [-0.4, -0.2) is 32.8 Å². The van der Waals surface area contributed by atoms with Gasteiger partial charge in [0, 0.05) is 30.7 Å². The summed E-state index contributed by atoms with van der Waals surface area (Å²) in [6.45, 7) is 0.370. The number of nitrogens with one attached hydrogen (secondary N) is 2. The summed E-state index contributed by atoms with van der Waals surface area (Å²) >= 11 is 0. The van der Waals surface area contributed by atoms with Crippen LogP contribution in [0.5, 0.6) is 0 Å². The Bertz CT molecular complexity index is 1540. The van der Waals surface area contributed by atoms with Crippen LogP contribution in [0.25, 0.3) is 11.3 Å². The summed E-state index contributed by atoms with van der Waals surface area (Å²) in [6.07, 6.45) is 4.05. The van der Waals surface area contributed by atoms with E-state index in [-0.39, 0.29) is 39.1 Å². The Hall–Kier alpha value is -3.25. The van der Waals surface area contributed by atoms with E-state index >= 15 is 0 Å². The van der Waals surface area contributed by atoms with Crippen LogP contribution in [0.2, 0.25) is 0 Å². The molecule has 0 saturated carbocycles. The summed E-state index contributed by atoms with van der Waals surface area (Å²) in [7, 11) is -6.46. The number of sulfonamides is 1. The van der Waals surface area contributed by atoms with E-state index in [4.69, 9.17) is 0 Å². The van der Waals surface area contributed by atoms with Crippen LogP contribution in [0.1, 0.15) is 5.56 Å². The molecule has 0 bridgehead atoms. The topological polar surface area (TPSA) is 110 Å². The highest BCUT2D eigenvalue weighted by Crippen LogP contribution is 2.30. The molecule has 4 aromatic rings. The van der Waals surface area contributed by atoms with E-state index in [0.29, 0.717) is 12.1 Å². The lowest BCUT2D eigenvalue weighted by molar-refractivity contribution is 0.587. The van der Waals surface area contributed by atoms with E-state index in [9.17, 15) is 21.2 Å². The number of anilines is 1. The lowest BCUT2D eigenvalue weighted by Gasteiger charge is -2.13. The SMILES string of the molecule is CNCc1cc(-c2ccccc2F)n(S(=O)(=O)c2cccc(NS(=O)(=O)c3cccnc3)c2)c1.Cl. The Morgan fingerprint density at radius 1 is 0.943 bits per heavy atom. The third kappa shape index (κ3) is 5.54. The number of pyridine rings is 1. The van der Waals surface area contributed by atoms with Gasteiger partial charge in [-0.05, 0) is 61.1 Å². The van der Waals surface area contributed by atoms with Gasteiger partial charge in [-0.1, -0.05) is 18.2 Å². The molecule has 0 fully saturated rings. The number of benzene rings is 2. The van der Waals surface area contributed by atoms with Crippen molar-refractivity contribution in [2.75, 3.05) is 11.8 Å². The zero-order chi connectivity index (χ0) is 24.3. The molecule has 0 radical (unpaired) electrons. The Morgan fingerprint density at radius 2 is 1.69 bits per heavy atom. The minimum atomic E-state index is -4.20. The van der Waals surface area contributed by atoms with Gasteiger partial charge in [0.05, 0.1) is 16.3 Å². The molecule has 184 valence electrons. The second-order valence-corrected chi connectivity index (χ2v) is 10.9. The summed E-state index contributed by atoms with van der Waals surface area (Å²) in [5.74, 6) is -0.564. The quantitative estimate of drug-likeness (QED) is 0.354. The minimum absolute atomic E-state index is 0. The van der Waals surface area contributed by atoms with Gasteiger partial charge in [0.1, 0.15) is 10.7 Å². The van der Waals surface area contributed by atoms with Gasteiger partial charge in [-0.2, -0.15) is 0 Å². The fourth-order valence-electron chi connectivity index (χ4n) is 3.42. The van der Waals surface area contributed by atoms with Crippen molar-refractivity contribution in [3.63, 3.8) is 0 Å². The lowest BCUT2D eigenvalue weighted by atomic mass is 10.1. The molecule has 0 atom stereocenters. The van der Waals surface area contributed by atoms with E-state index in [1.54, 1.807) is 19.2 Å². The van der Waals surface area contributed by atoms with Crippen molar-refractivity contribution in [3.8, 4) is 11.3 Å². The molecule has 0 spiro atoms. The van der Waals surface area contributed by atoms with Crippen molar-refractivity contribution in [2.45, 2.75) is 16.3 Å². The highest BCUT2D eigenvalue weighted by atomic mass is 35.5. The van der Waals surface area contributed by atoms with E-state index < -0.39 is 25.9 Å². The Kier molecular flexibility index (Phi) is 7.96. The number of rotatable bonds is 8. The molecule has 0 aliphatic heterocycles. The number of hydrogen-bond acceptors (Lipinski definition) is 6. The molecule has 12 heteroatoms. The van der Waals surface area contributed by atoms with Crippen LogP contribution in [0, 0.1) is 5.82 Å². The molecule has 2 aromatic carbocycles. The molecular weight excluding hydrogens is 515 g/mol. The van der Waals surface area contributed by atoms with E-state index in [2.05, 4.69) is 15.0 Å². The zero-order valence-corrected chi connectivity index (χ0v) is 20.9. The summed E-state index contributed by atoms with van der Waals surface area (Å²) in [5.41, 5.74) is 0.976. The summed E-state index contributed by atoms with van der Waals surface area (Å²) in [5, 5.41) is 2.95. The van der Waals surface area contributed by atoms with Crippen LogP contribution in [0.3, 0.4) is 0 Å². The molecule has 2 heterocycles. The molecule has 2 N–H and O–H groups in total. The maximum absolute atomic E-state index is 14.5. The highest BCUT2D eigenvalue weighted by Gasteiger charge is 2.24. The van der Waals surface area contributed by atoms with E-state index in [1.165, 1.54) is 73.2 Å². The molecule has 8 nitrogen and oxygen atoms in total. The highest BCUT2D eigenvalue weighted by molar-refractivity contribution is 7.92. The number of aromatic nitrogens is 2. The van der Waals surface area contributed by atoms with Crippen LogP contribution in [-0.2, 0) is 26.6 Å². The molecular formula is C23H22ClFN4O4S2. The largest absolute Gasteiger partial charge is 0.316 e. The van der Waals surface area contributed by atoms with Crippen LogP contribution in [0.4, 0.5) is 10.1 Å². The van der Waals surface area contributed by atoms with Crippen molar-refractivity contribution in [1.82, 2.24) is 14.3 Å². The van der Waals surface area contributed by atoms with Crippen LogP contribution < -0.4 is 10.0 Å². The Balaban J connectivity index is 0.00000342. The summed E-state index contributed by atoms with van der Waals surface area (Å²) in [6, 6.07) is 15.8. The lowest BCUT2D eigenvalue weighted by Crippen LogP contribution is -2.16. The molecule has 35 heavy (non-hydrogen) atoms. The monoisotopic (exact) mass is 536 g/mol. The van der Waals surface area contributed by atoms with Crippen LogP contribution >= 0.6 is 12.4 Å². The molecule has 2 aromatic heterocycles. The van der Waals surface area contributed by atoms with Gasteiger partial charge in [-0.25, -0.2) is 25.2 Å². The van der Waals surface area contributed by atoms with Gasteiger partial charge in [0.25, 0.3) is 20.0 Å². The first-order chi connectivity index (χ1) is 16.2.